The van der Waals surface area contributed by atoms with E-state index in [4.69, 9.17) is 0 Å². The van der Waals surface area contributed by atoms with Crippen LogP contribution in [0.3, 0.4) is 0 Å². The Morgan fingerprint density at radius 3 is 2.38 bits per heavy atom. The van der Waals surface area contributed by atoms with Crippen LogP contribution < -0.4 is 10.6 Å². The van der Waals surface area contributed by atoms with Crippen molar-refractivity contribution < 1.29 is 14.4 Å². The smallest absolute Gasteiger partial charge is 0.255 e. The molecule has 134 valence electrons. The number of anilines is 2. The van der Waals surface area contributed by atoms with Gasteiger partial charge in [0.05, 0.1) is 5.88 Å². The van der Waals surface area contributed by atoms with Crippen molar-refractivity contribution in [1.29, 1.82) is 0 Å². The summed E-state index contributed by atoms with van der Waals surface area (Å²) >= 11 is 1.55. The van der Waals surface area contributed by atoms with E-state index >= 15 is 0 Å². The van der Waals surface area contributed by atoms with Crippen molar-refractivity contribution in [3.63, 3.8) is 0 Å². The number of amides is 3. The zero-order chi connectivity index (χ0) is 18.5. The van der Waals surface area contributed by atoms with Gasteiger partial charge in [-0.25, -0.2) is 0 Å². The Hall–Kier alpha value is -2.80. The monoisotopic (exact) mass is 369 g/mol. The van der Waals surface area contributed by atoms with Gasteiger partial charge in [0.1, 0.15) is 6.04 Å². The molecule has 1 heterocycles. The summed E-state index contributed by atoms with van der Waals surface area (Å²) in [6.07, 6.45) is 0. The van der Waals surface area contributed by atoms with Crippen molar-refractivity contribution in [1.82, 2.24) is 4.90 Å². The summed E-state index contributed by atoms with van der Waals surface area (Å²) in [6.45, 7) is 1.42. The van der Waals surface area contributed by atoms with Crippen LogP contribution in [0.1, 0.15) is 17.3 Å². The lowest BCUT2D eigenvalue weighted by Gasteiger charge is -2.23. The second-order valence-electron chi connectivity index (χ2n) is 5.91. The maximum atomic E-state index is 12.7. The molecule has 0 saturated carbocycles. The first-order chi connectivity index (χ1) is 12.5. The first-order valence-electron chi connectivity index (χ1n) is 8.17. The van der Waals surface area contributed by atoms with Crippen LogP contribution in [0.2, 0.25) is 0 Å². The van der Waals surface area contributed by atoms with E-state index < -0.39 is 6.04 Å². The number of thioether (sulfide) groups is 1. The van der Waals surface area contributed by atoms with Crippen molar-refractivity contribution >= 4 is 40.9 Å². The molecule has 2 aromatic carbocycles. The number of benzene rings is 2. The number of hydrogen-bond acceptors (Lipinski definition) is 4. The molecule has 0 spiro atoms. The molecule has 7 heteroatoms. The van der Waals surface area contributed by atoms with Crippen LogP contribution in [-0.2, 0) is 9.59 Å². The minimum absolute atomic E-state index is 0.150. The van der Waals surface area contributed by atoms with E-state index in [1.807, 2.05) is 6.07 Å². The van der Waals surface area contributed by atoms with Crippen LogP contribution in [-0.4, -0.2) is 40.3 Å². The highest BCUT2D eigenvalue weighted by atomic mass is 32.2. The van der Waals surface area contributed by atoms with Crippen LogP contribution in [0, 0.1) is 0 Å². The normalized spacial score (nSPS) is 16.2. The van der Waals surface area contributed by atoms with Gasteiger partial charge in [0, 0.05) is 29.6 Å². The molecule has 0 aliphatic carbocycles. The lowest BCUT2D eigenvalue weighted by molar-refractivity contribution is -0.119. The molecule has 1 fully saturated rings. The molecular formula is C19H19N3O3S. The van der Waals surface area contributed by atoms with Crippen LogP contribution >= 0.6 is 11.8 Å². The van der Waals surface area contributed by atoms with Gasteiger partial charge in [0.15, 0.2) is 0 Å². The Balaban J connectivity index is 1.71. The molecule has 2 aromatic rings. The maximum Gasteiger partial charge on any atom is 0.255 e. The second-order valence-corrected chi connectivity index (χ2v) is 6.91. The van der Waals surface area contributed by atoms with Gasteiger partial charge in [-0.3, -0.25) is 14.4 Å². The predicted molar refractivity (Wildman–Crippen MR) is 103 cm³/mol. The van der Waals surface area contributed by atoms with E-state index in [1.54, 1.807) is 65.2 Å². The van der Waals surface area contributed by atoms with Crippen LogP contribution in [0.25, 0.3) is 0 Å². The zero-order valence-electron chi connectivity index (χ0n) is 14.3. The fraction of sp³-hybridized carbons (Fsp3) is 0.211. The highest BCUT2D eigenvalue weighted by Gasteiger charge is 2.35. The summed E-state index contributed by atoms with van der Waals surface area (Å²) < 4.78 is 0. The van der Waals surface area contributed by atoms with Crippen molar-refractivity contribution in [2.24, 2.45) is 0 Å². The van der Waals surface area contributed by atoms with E-state index in [0.29, 0.717) is 28.6 Å². The molecule has 0 bridgehead atoms. The van der Waals surface area contributed by atoms with Crippen LogP contribution in [0.4, 0.5) is 11.4 Å². The average Bonchev–Trinajstić information content (AvgIpc) is 3.11. The Kier molecular flexibility index (Phi) is 5.58. The molecule has 3 rings (SSSR count). The first kappa shape index (κ1) is 18.0. The van der Waals surface area contributed by atoms with Crippen molar-refractivity contribution in [3.05, 3.63) is 60.2 Å². The third-order valence-electron chi connectivity index (χ3n) is 3.92. The summed E-state index contributed by atoms with van der Waals surface area (Å²) in [6, 6.07) is 15.3. The van der Waals surface area contributed by atoms with Gasteiger partial charge in [-0.05, 0) is 30.3 Å². The number of hydrogen-bond donors (Lipinski definition) is 2. The number of rotatable bonds is 4. The largest absolute Gasteiger partial charge is 0.326 e. The second kappa shape index (κ2) is 8.05. The minimum Gasteiger partial charge on any atom is -0.326 e. The average molecular weight is 369 g/mol. The summed E-state index contributed by atoms with van der Waals surface area (Å²) in [5, 5.41) is 5.51. The molecular weight excluding hydrogens is 350 g/mol. The highest BCUT2D eigenvalue weighted by molar-refractivity contribution is 7.99. The van der Waals surface area contributed by atoms with Gasteiger partial charge in [0.2, 0.25) is 11.8 Å². The quantitative estimate of drug-likeness (QED) is 0.869. The molecule has 0 aromatic heterocycles. The number of carbonyl (C=O) groups excluding carboxylic acids is 3. The number of nitrogens with zero attached hydrogens (tertiary/aromatic N) is 1. The first-order valence-corrected chi connectivity index (χ1v) is 9.32. The van der Waals surface area contributed by atoms with Crippen molar-refractivity contribution in [3.8, 4) is 0 Å². The number of nitrogens with one attached hydrogen (secondary N) is 2. The SMILES string of the molecule is CC(=O)Nc1cccc(NC(=O)[C@@H]2CSCN2C(=O)c2ccccc2)c1. The van der Waals surface area contributed by atoms with E-state index in [-0.39, 0.29) is 17.7 Å². The molecule has 3 amide bonds. The predicted octanol–water partition coefficient (Wildman–Crippen LogP) is 2.80. The summed E-state index contributed by atoms with van der Waals surface area (Å²) in [7, 11) is 0. The highest BCUT2D eigenvalue weighted by Crippen LogP contribution is 2.25. The van der Waals surface area contributed by atoms with Gasteiger partial charge >= 0.3 is 0 Å². The molecule has 1 atom stereocenters. The Bertz CT molecular complexity index is 826. The Morgan fingerprint density at radius 2 is 1.69 bits per heavy atom. The van der Waals surface area contributed by atoms with E-state index in [9.17, 15) is 14.4 Å². The standard InChI is InChI=1S/C19H19N3O3S/c1-13(23)20-15-8-5-9-16(10-15)21-18(24)17-11-26-12-22(17)19(25)14-6-3-2-4-7-14/h2-10,17H,11-12H2,1H3,(H,20,23)(H,21,24)/t17-/m0/s1. The maximum absolute atomic E-state index is 12.7. The molecule has 26 heavy (non-hydrogen) atoms. The Labute approximate surface area is 156 Å². The molecule has 1 saturated heterocycles. The van der Waals surface area contributed by atoms with Gasteiger partial charge in [-0.2, -0.15) is 0 Å². The van der Waals surface area contributed by atoms with Gasteiger partial charge in [-0.15, -0.1) is 11.8 Å². The fourth-order valence-corrected chi connectivity index (χ4v) is 3.86. The van der Waals surface area contributed by atoms with Gasteiger partial charge in [0.25, 0.3) is 5.91 Å². The van der Waals surface area contributed by atoms with E-state index in [0.717, 1.165) is 0 Å². The van der Waals surface area contributed by atoms with E-state index in [1.165, 1.54) is 6.92 Å². The zero-order valence-corrected chi connectivity index (χ0v) is 15.1. The molecule has 0 unspecified atom stereocenters. The minimum atomic E-state index is -0.530. The van der Waals surface area contributed by atoms with Crippen LogP contribution in [0.5, 0.6) is 0 Å². The molecule has 2 N–H and O–H groups in total. The van der Waals surface area contributed by atoms with Crippen LogP contribution in [0.15, 0.2) is 54.6 Å². The molecule has 1 aliphatic heterocycles. The van der Waals surface area contributed by atoms with Crippen molar-refractivity contribution in [2.75, 3.05) is 22.3 Å². The Morgan fingerprint density at radius 1 is 1.00 bits per heavy atom. The summed E-state index contributed by atoms with van der Waals surface area (Å²) in [5.74, 6) is 0.468. The fourth-order valence-electron chi connectivity index (χ4n) is 2.71. The van der Waals surface area contributed by atoms with Crippen molar-refractivity contribution in [2.45, 2.75) is 13.0 Å². The third kappa shape index (κ3) is 4.23. The summed E-state index contributed by atoms with van der Waals surface area (Å²) in [5.41, 5.74) is 1.75. The van der Waals surface area contributed by atoms with Gasteiger partial charge in [-0.1, -0.05) is 24.3 Å². The molecule has 0 radical (unpaired) electrons. The number of carbonyl (C=O) groups is 3. The summed E-state index contributed by atoms with van der Waals surface area (Å²) in [4.78, 5) is 38.1. The van der Waals surface area contributed by atoms with E-state index in [2.05, 4.69) is 10.6 Å². The van der Waals surface area contributed by atoms with Gasteiger partial charge < -0.3 is 15.5 Å². The molecule has 6 nitrogen and oxygen atoms in total. The third-order valence-corrected chi connectivity index (χ3v) is 4.93. The lowest BCUT2D eigenvalue weighted by atomic mass is 10.1. The molecule has 1 aliphatic rings. The topological polar surface area (TPSA) is 78.5 Å². The lowest BCUT2D eigenvalue weighted by Crippen LogP contribution is -2.44.